The zero-order valence-corrected chi connectivity index (χ0v) is 17.1. The lowest BCUT2D eigenvalue weighted by Crippen LogP contribution is -2.23. The molecule has 0 aliphatic carbocycles. The van der Waals surface area contributed by atoms with Crippen LogP contribution in [0.25, 0.3) is 0 Å². The molecule has 0 fully saturated rings. The Morgan fingerprint density at radius 3 is 2.23 bits per heavy atom. The van der Waals surface area contributed by atoms with Crippen LogP contribution in [0.15, 0.2) is 41.3 Å². The van der Waals surface area contributed by atoms with E-state index in [1.807, 2.05) is 0 Å². The van der Waals surface area contributed by atoms with Gasteiger partial charge in [0.15, 0.2) is 0 Å². The summed E-state index contributed by atoms with van der Waals surface area (Å²) in [4.78, 5) is 14.5. The summed E-state index contributed by atoms with van der Waals surface area (Å²) in [5, 5.41) is 3.34. The molecule has 0 saturated heterocycles. The molecule has 0 spiro atoms. The lowest BCUT2D eigenvalue weighted by Gasteiger charge is -2.20. The molecule has 1 N–H and O–H groups in total. The lowest BCUT2D eigenvalue weighted by molar-refractivity contribution is 0.102. The van der Waals surface area contributed by atoms with Crippen LogP contribution >= 0.6 is 23.2 Å². The van der Waals surface area contributed by atoms with Crippen LogP contribution in [0.3, 0.4) is 0 Å². The minimum Gasteiger partial charge on any atom is -0.376 e. The van der Waals surface area contributed by atoms with Crippen molar-refractivity contribution in [3.63, 3.8) is 0 Å². The molecule has 2 rings (SSSR count). The van der Waals surface area contributed by atoms with E-state index in [1.54, 1.807) is 31.1 Å². The second kappa shape index (κ2) is 7.84. The number of benzene rings is 2. The fraction of sp³-hybridized carbons (Fsp3) is 0.235. The fourth-order valence-electron chi connectivity index (χ4n) is 2.24. The van der Waals surface area contributed by atoms with Crippen LogP contribution in [0.4, 0.5) is 11.4 Å². The van der Waals surface area contributed by atoms with E-state index in [0.29, 0.717) is 16.4 Å². The molecular formula is C17H19Cl2N3O3S. The van der Waals surface area contributed by atoms with Gasteiger partial charge in [-0.15, -0.1) is 0 Å². The first-order chi connectivity index (χ1) is 12.0. The quantitative estimate of drug-likeness (QED) is 0.809. The number of nitrogens with zero attached hydrogens (tertiary/aromatic N) is 2. The van der Waals surface area contributed by atoms with Gasteiger partial charge in [-0.1, -0.05) is 23.2 Å². The van der Waals surface area contributed by atoms with Gasteiger partial charge in [-0.3, -0.25) is 4.79 Å². The SMILES string of the molecule is CN(C)c1ccc(S(=O)(=O)N(C)C)cc1NC(=O)c1cc(Cl)ccc1Cl. The molecule has 26 heavy (non-hydrogen) atoms. The highest BCUT2D eigenvalue weighted by Gasteiger charge is 2.21. The van der Waals surface area contributed by atoms with Crippen molar-refractivity contribution in [1.82, 2.24) is 4.31 Å². The lowest BCUT2D eigenvalue weighted by atomic mass is 10.2. The predicted molar refractivity (Wildman–Crippen MR) is 106 cm³/mol. The van der Waals surface area contributed by atoms with Gasteiger partial charge in [0.2, 0.25) is 10.0 Å². The van der Waals surface area contributed by atoms with Crippen molar-refractivity contribution in [1.29, 1.82) is 0 Å². The molecule has 0 bridgehead atoms. The van der Waals surface area contributed by atoms with Gasteiger partial charge in [0, 0.05) is 33.2 Å². The van der Waals surface area contributed by atoms with E-state index < -0.39 is 15.9 Å². The van der Waals surface area contributed by atoms with Crippen molar-refractivity contribution in [2.24, 2.45) is 0 Å². The van der Waals surface area contributed by atoms with Crippen molar-refractivity contribution >= 4 is 50.5 Å². The maximum Gasteiger partial charge on any atom is 0.257 e. The summed E-state index contributed by atoms with van der Waals surface area (Å²) in [6.45, 7) is 0. The summed E-state index contributed by atoms with van der Waals surface area (Å²) < 4.78 is 25.9. The Labute approximate surface area is 163 Å². The smallest absolute Gasteiger partial charge is 0.257 e. The molecule has 1 amide bonds. The van der Waals surface area contributed by atoms with Crippen LogP contribution in [-0.2, 0) is 10.0 Å². The maximum atomic E-state index is 12.6. The van der Waals surface area contributed by atoms with Crippen LogP contribution in [0, 0.1) is 0 Å². The van der Waals surface area contributed by atoms with Crippen molar-refractivity contribution in [3.05, 3.63) is 52.0 Å². The first-order valence-corrected chi connectivity index (χ1v) is 9.74. The summed E-state index contributed by atoms with van der Waals surface area (Å²) in [7, 11) is 2.82. The first kappa shape index (κ1) is 20.5. The third-order valence-corrected chi connectivity index (χ3v) is 6.03. The zero-order chi connectivity index (χ0) is 19.6. The zero-order valence-electron chi connectivity index (χ0n) is 14.7. The Hall–Kier alpha value is -1.80. The van der Waals surface area contributed by atoms with Gasteiger partial charge in [-0.25, -0.2) is 12.7 Å². The van der Waals surface area contributed by atoms with Crippen molar-refractivity contribution in [2.75, 3.05) is 38.4 Å². The number of sulfonamides is 1. The molecule has 6 nitrogen and oxygen atoms in total. The fourth-order valence-corrected chi connectivity index (χ4v) is 3.54. The number of carbonyl (C=O) groups excluding carboxylic acids is 1. The predicted octanol–water partition coefficient (Wildman–Crippen LogP) is 3.56. The monoisotopic (exact) mass is 415 g/mol. The Bertz CT molecular complexity index is 944. The van der Waals surface area contributed by atoms with Gasteiger partial charge in [-0.05, 0) is 36.4 Å². The van der Waals surface area contributed by atoms with Gasteiger partial charge in [0.05, 0.1) is 26.9 Å². The summed E-state index contributed by atoms with van der Waals surface area (Å²) in [5.74, 6) is -0.486. The van der Waals surface area contributed by atoms with Gasteiger partial charge in [0.1, 0.15) is 0 Å². The van der Waals surface area contributed by atoms with E-state index in [0.717, 1.165) is 4.31 Å². The van der Waals surface area contributed by atoms with Gasteiger partial charge < -0.3 is 10.2 Å². The first-order valence-electron chi connectivity index (χ1n) is 7.54. The third-order valence-electron chi connectivity index (χ3n) is 3.65. The number of anilines is 2. The number of halogens is 2. The summed E-state index contributed by atoms with van der Waals surface area (Å²) in [6, 6.07) is 9.10. The molecule has 0 heterocycles. The molecule has 140 valence electrons. The van der Waals surface area contributed by atoms with E-state index in [4.69, 9.17) is 23.2 Å². The average molecular weight is 416 g/mol. The molecule has 0 atom stereocenters. The normalized spacial score (nSPS) is 11.5. The molecule has 0 aliphatic rings. The second-order valence-corrected chi connectivity index (χ2v) is 8.93. The van der Waals surface area contributed by atoms with E-state index in [2.05, 4.69) is 5.32 Å². The third kappa shape index (κ3) is 4.29. The molecule has 2 aromatic carbocycles. The van der Waals surface area contributed by atoms with Crippen LogP contribution in [0.2, 0.25) is 10.0 Å². The van der Waals surface area contributed by atoms with Crippen molar-refractivity contribution in [3.8, 4) is 0 Å². The Kier molecular flexibility index (Phi) is 6.18. The van der Waals surface area contributed by atoms with Crippen molar-refractivity contribution < 1.29 is 13.2 Å². The number of amides is 1. The Morgan fingerprint density at radius 1 is 1.00 bits per heavy atom. The highest BCUT2D eigenvalue weighted by atomic mass is 35.5. The van der Waals surface area contributed by atoms with Crippen LogP contribution in [-0.4, -0.2) is 46.8 Å². The molecule has 9 heteroatoms. The van der Waals surface area contributed by atoms with Gasteiger partial charge in [-0.2, -0.15) is 0 Å². The number of hydrogen-bond acceptors (Lipinski definition) is 4. The summed E-state index contributed by atoms with van der Waals surface area (Å²) in [6.07, 6.45) is 0. The molecular weight excluding hydrogens is 397 g/mol. The summed E-state index contributed by atoms with van der Waals surface area (Å²) in [5.41, 5.74) is 1.19. The average Bonchev–Trinajstić information content (AvgIpc) is 2.56. The van der Waals surface area contributed by atoms with Gasteiger partial charge >= 0.3 is 0 Å². The maximum absolute atomic E-state index is 12.6. The standard InChI is InChI=1S/C17H19Cl2N3O3S/c1-21(2)16-8-6-12(26(24,25)22(3)4)10-15(16)20-17(23)13-9-11(18)5-7-14(13)19/h5-10H,1-4H3,(H,20,23). The topological polar surface area (TPSA) is 69.7 Å². The largest absolute Gasteiger partial charge is 0.376 e. The molecule has 0 radical (unpaired) electrons. The number of nitrogens with one attached hydrogen (secondary N) is 1. The molecule has 0 unspecified atom stereocenters. The summed E-state index contributed by atoms with van der Waals surface area (Å²) >= 11 is 12.0. The minimum atomic E-state index is -3.64. The van der Waals surface area contributed by atoms with E-state index >= 15 is 0 Å². The van der Waals surface area contributed by atoms with Crippen LogP contribution in [0.1, 0.15) is 10.4 Å². The number of hydrogen-bond donors (Lipinski definition) is 1. The molecule has 2 aromatic rings. The van der Waals surface area contributed by atoms with Crippen LogP contribution < -0.4 is 10.2 Å². The number of carbonyl (C=O) groups is 1. The second-order valence-electron chi connectivity index (χ2n) is 5.94. The minimum absolute atomic E-state index is 0.0700. The molecule has 0 saturated carbocycles. The molecule has 0 aromatic heterocycles. The number of rotatable bonds is 5. The van der Waals surface area contributed by atoms with Gasteiger partial charge in [0.25, 0.3) is 5.91 Å². The van der Waals surface area contributed by atoms with E-state index in [1.165, 1.54) is 38.4 Å². The van der Waals surface area contributed by atoms with Crippen molar-refractivity contribution in [2.45, 2.75) is 4.90 Å². The van der Waals surface area contributed by atoms with E-state index in [9.17, 15) is 13.2 Å². The van der Waals surface area contributed by atoms with Crippen LogP contribution in [0.5, 0.6) is 0 Å². The highest BCUT2D eigenvalue weighted by molar-refractivity contribution is 7.89. The highest BCUT2D eigenvalue weighted by Crippen LogP contribution is 2.30. The molecule has 0 aliphatic heterocycles. The Morgan fingerprint density at radius 2 is 1.65 bits per heavy atom. The Balaban J connectivity index is 2.50. The van der Waals surface area contributed by atoms with E-state index in [-0.39, 0.29) is 15.5 Å².